The molecule has 0 saturated heterocycles. The van der Waals surface area contributed by atoms with Gasteiger partial charge in [0, 0.05) is 25.4 Å². The lowest BCUT2D eigenvalue weighted by Crippen LogP contribution is -2.36. The number of nitrogens with zero attached hydrogens (tertiary/aromatic N) is 4. The van der Waals surface area contributed by atoms with Gasteiger partial charge >= 0.3 is 0 Å². The number of guanidine groups is 1. The lowest BCUT2D eigenvalue weighted by molar-refractivity contribution is -0.119. The quantitative estimate of drug-likeness (QED) is 0.500. The van der Waals surface area contributed by atoms with Crippen LogP contribution in [0.15, 0.2) is 28.6 Å². The molecule has 0 aliphatic carbocycles. The number of carbonyl (C=O) groups is 1. The highest BCUT2D eigenvalue weighted by Crippen LogP contribution is 2.25. The Morgan fingerprint density at radius 2 is 2.08 bits per heavy atom. The highest BCUT2D eigenvalue weighted by molar-refractivity contribution is 7.13. The molecular formula is C16H23N7OS. The Balaban J connectivity index is 2.03. The standard InChI is InChI=1S/C16H23N7OS/c1-11(24)19-9-12-5-4-6-13(20-12)14-10-25-16(21-14)22-15(17)18-7-8-23(2)3/h4-6,10H,7-9H2,1-3H3,(H,19,24)(H3,17,18,21,22). The van der Waals surface area contributed by atoms with E-state index in [0.29, 0.717) is 24.2 Å². The van der Waals surface area contributed by atoms with Crippen molar-refractivity contribution < 1.29 is 4.79 Å². The smallest absolute Gasteiger partial charge is 0.217 e. The first kappa shape index (κ1) is 18.8. The number of thiazole rings is 1. The zero-order chi connectivity index (χ0) is 18.2. The Morgan fingerprint density at radius 3 is 2.80 bits per heavy atom. The molecule has 9 heteroatoms. The van der Waals surface area contributed by atoms with E-state index in [1.54, 1.807) is 0 Å². The van der Waals surface area contributed by atoms with Crippen molar-refractivity contribution in [1.82, 2.24) is 25.5 Å². The lowest BCUT2D eigenvalue weighted by Gasteiger charge is -2.10. The van der Waals surface area contributed by atoms with Crippen molar-refractivity contribution in [3.8, 4) is 11.4 Å². The number of pyridine rings is 1. The molecule has 25 heavy (non-hydrogen) atoms. The highest BCUT2D eigenvalue weighted by atomic mass is 32.1. The number of amides is 1. The second kappa shape index (κ2) is 9.09. The normalized spacial score (nSPS) is 11.6. The Bertz CT molecular complexity index is 742. The van der Waals surface area contributed by atoms with E-state index < -0.39 is 0 Å². The van der Waals surface area contributed by atoms with E-state index in [0.717, 1.165) is 23.6 Å². The molecule has 0 aliphatic heterocycles. The first-order valence-electron chi connectivity index (χ1n) is 7.83. The van der Waals surface area contributed by atoms with Crippen molar-refractivity contribution in [3.63, 3.8) is 0 Å². The predicted octanol–water partition coefficient (Wildman–Crippen LogP) is 0.939. The summed E-state index contributed by atoms with van der Waals surface area (Å²) in [6.45, 7) is 3.45. The highest BCUT2D eigenvalue weighted by Gasteiger charge is 2.07. The van der Waals surface area contributed by atoms with E-state index in [9.17, 15) is 4.79 Å². The van der Waals surface area contributed by atoms with Crippen LogP contribution >= 0.6 is 11.3 Å². The summed E-state index contributed by atoms with van der Waals surface area (Å²) in [5.74, 6) is 0.254. The minimum atomic E-state index is -0.0882. The van der Waals surface area contributed by atoms with Crippen molar-refractivity contribution in [2.24, 2.45) is 10.7 Å². The van der Waals surface area contributed by atoms with Crippen LogP contribution < -0.4 is 16.4 Å². The maximum absolute atomic E-state index is 11.0. The summed E-state index contributed by atoms with van der Waals surface area (Å²) in [4.78, 5) is 26.3. The van der Waals surface area contributed by atoms with Crippen LogP contribution in [-0.2, 0) is 11.3 Å². The number of nitrogens with one attached hydrogen (secondary N) is 2. The minimum absolute atomic E-state index is 0.0882. The van der Waals surface area contributed by atoms with Gasteiger partial charge in [0.2, 0.25) is 11.0 Å². The van der Waals surface area contributed by atoms with Crippen LogP contribution in [0.1, 0.15) is 12.6 Å². The van der Waals surface area contributed by atoms with Crippen molar-refractivity contribution in [2.45, 2.75) is 13.5 Å². The van der Waals surface area contributed by atoms with E-state index in [4.69, 9.17) is 5.73 Å². The Kier molecular flexibility index (Phi) is 6.84. The Morgan fingerprint density at radius 1 is 1.28 bits per heavy atom. The maximum Gasteiger partial charge on any atom is 0.217 e. The number of carbonyl (C=O) groups excluding carboxylic acids is 1. The summed E-state index contributed by atoms with van der Waals surface area (Å²) >= 11 is 1.40. The molecule has 0 unspecified atom stereocenters. The third kappa shape index (κ3) is 6.48. The van der Waals surface area contributed by atoms with E-state index in [1.807, 2.05) is 37.7 Å². The number of aliphatic imine (C=N–C) groups is 1. The van der Waals surface area contributed by atoms with Crippen LogP contribution in [0, 0.1) is 0 Å². The fourth-order valence-electron chi connectivity index (χ4n) is 1.92. The van der Waals surface area contributed by atoms with Gasteiger partial charge in [-0.15, -0.1) is 11.3 Å². The number of aromatic nitrogens is 2. The molecule has 2 aromatic rings. The van der Waals surface area contributed by atoms with E-state index in [-0.39, 0.29) is 5.91 Å². The first-order chi connectivity index (χ1) is 11.9. The summed E-state index contributed by atoms with van der Waals surface area (Å²) < 4.78 is 0. The predicted molar refractivity (Wildman–Crippen MR) is 101 cm³/mol. The van der Waals surface area contributed by atoms with Crippen LogP contribution in [-0.4, -0.2) is 53.9 Å². The zero-order valence-corrected chi connectivity index (χ0v) is 15.4. The summed E-state index contributed by atoms with van der Waals surface area (Å²) in [6, 6.07) is 5.62. The average molecular weight is 361 g/mol. The van der Waals surface area contributed by atoms with Crippen LogP contribution in [0.25, 0.3) is 11.4 Å². The molecule has 2 aromatic heterocycles. The van der Waals surface area contributed by atoms with Crippen LogP contribution in [0.3, 0.4) is 0 Å². The van der Waals surface area contributed by atoms with Gasteiger partial charge in [0.25, 0.3) is 0 Å². The van der Waals surface area contributed by atoms with Gasteiger partial charge in [0.15, 0.2) is 5.96 Å². The van der Waals surface area contributed by atoms with Gasteiger partial charge in [-0.3, -0.25) is 4.79 Å². The summed E-state index contributed by atoms with van der Waals surface area (Å²) in [6.07, 6.45) is 0. The Labute approximate surface area is 151 Å². The number of rotatable bonds is 7. The van der Waals surface area contributed by atoms with Crippen LogP contribution in [0.5, 0.6) is 0 Å². The van der Waals surface area contributed by atoms with Crippen molar-refractivity contribution in [3.05, 3.63) is 29.3 Å². The van der Waals surface area contributed by atoms with Gasteiger partial charge < -0.3 is 21.3 Å². The van der Waals surface area contributed by atoms with Crippen LogP contribution in [0.2, 0.25) is 0 Å². The summed E-state index contributed by atoms with van der Waals surface area (Å²) in [5, 5.41) is 8.23. The molecule has 0 atom stereocenters. The van der Waals surface area contributed by atoms with Crippen molar-refractivity contribution in [1.29, 1.82) is 0 Å². The van der Waals surface area contributed by atoms with Gasteiger partial charge in [0.1, 0.15) is 5.69 Å². The van der Waals surface area contributed by atoms with Gasteiger partial charge in [-0.25, -0.2) is 9.97 Å². The van der Waals surface area contributed by atoms with Crippen LogP contribution in [0.4, 0.5) is 5.13 Å². The van der Waals surface area contributed by atoms with Gasteiger partial charge in [-0.05, 0) is 26.2 Å². The molecular weight excluding hydrogens is 338 g/mol. The fraction of sp³-hybridized carbons (Fsp3) is 0.375. The topological polar surface area (TPSA) is 109 Å². The molecule has 1 amide bonds. The number of hydrogen-bond donors (Lipinski definition) is 3. The molecule has 134 valence electrons. The lowest BCUT2D eigenvalue weighted by atomic mass is 10.2. The molecule has 0 radical (unpaired) electrons. The third-order valence-corrected chi connectivity index (χ3v) is 3.90. The maximum atomic E-state index is 11.0. The molecule has 8 nitrogen and oxygen atoms in total. The molecule has 2 rings (SSSR count). The molecule has 0 aromatic carbocycles. The van der Waals surface area contributed by atoms with Gasteiger partial charge in [0.05, 0.1) is 17.9 Å². The van der Waals surface area contributed by atoms with E-state index in [1.165, 1.54) is 18.3 Å². The molecule has 0 fully saturated rings. The minimum Gasteiger partial charge on any atom is -0.370 e. The van der Waals surface area contributed by atoms with Crippen molar-refractivity contribution in [2.75, 3.05) is 27.2 Å². The van der Waals surface area contributed by atoms with E-state index >= 15 is 0 Å². The molecule has 0 saturated carbocycles. The van der Waals surface area contributed by atoms with Crippen molar-refractivity contribution >= 4 is 28.3 Å². The number of nitrogens with two attached hydrogens (primary N) is 1. The second-order valence-electron chi connectivity index (χ2n) is 5.67. The summed E-state index contributed by atoms with van der Waals surface area (Å²) in [5.41, 5.74) is 8.10. The monoisotopic (exact) mass is 361 g/mol. The first-order valence-corrected chi connectivity index (χ1v) is 8.71. The van der Waals surface area contributed by atoms with Gasteiger partial charge in [-0.2, -0.15) is 4.99 Å². The molecule has 0 spiro atoms. The SMILES string of the molecule is CC(=O)NCc1cccc(-c2csc(/N=C(\N)NCCN(C)C)n2)n1. The fourth-order valence-corrected chi connectivity index (χ4v) is 2.61. The third-order valence-electron chi connectivity index (χ3n) is 3.16. The number of likely N-dealkylation sites (N-methyl/N-ethyl adjacent to an activating group) is 1. The Hall–Kier alpha value is -2.52. The largest absolute Gasteiger partial charge is 0.370 e. The molecule has 2 heterocycles. The zero-order valence-electron chi connectivity index (χ0n) is 14.6. The second-order valence-corrected chi connectivity index (χ2v) is 6.50. The number of hydrogen-bond acceptors (Lipinski definition) is 6. The average Bonchev–Trinajstić information content (AvgIpc) is 3.01. The molecule has 0 aliphatic rings. The van der Waals surface area contributed by atoms with E-state index in [2.05, 4.69) is 30.5 Å². The summed E-state index contributed by atoms with van der Waals surface area (Å²) in [7, 11) is 3.99. The molecule has 0 bridgehead atoms. The molecule has 4 N–H and O–H groups in total. The van der Waals surface area contributed by atoms with Gasteiger partial charge in [-0.1, -0.05) is 6.07 Å².